The zero-order chi connectivity index (χ0) is 17.7. The Kier molecular flexibility index (Phi) is 34.8. The first-order valence-electron chi connectivity index (χ1n) is 7.65. The lowest BCUT2D eigenvalue weighted by molar-refractivity contribution is 1.46. The van der Waals surface area contributed by atoms with Gasteiger partial charge in [0.05, 0.1) is 5.71 Å². The zero-order valence-electron chi connectivity index (χ0n) is 15.2. The lowest BCUT2D eigenvalue weighted by Crippen LogP contribution is -1.98. The van der Waals surface area contributed by atoms with E-state index in [1.165, 1.54) is 6.20 Å². The Balaban J connectivity index is -0.000000212. The van der Waals surface area contributed by atoms with Gasteiger partial charge in [-0.05, 0) is 18.6 Å². The van der Waals surface area contributed by atoms with Crippen molar-refractivity contribution in [3.05, 3.63) is 74.0 Å². The molecule has 1 nitrogen and oxygen atoms in total. The molecule has 21 heavy (non-hydrogen) atoms. The highest BCUT2D eigenvalue weighted by molar-refractivity contribution is 6.11. The average Bonchev–Trinajstić information content (AvgIpc) is 2.59. The van der Waals surface area contributed by atoms with E-state index in [-0.39, 0.29) is 0 Å². The molecule has 0 spiro atoms. The van der Waals surface area contributed by atoms with Crippen LogP contribution in [0.4, 0.5) is 0 Å². The van der Waals surface area contributed by atoms with Crippen LogP contribution in [0.15, 0.2) is 79.0 Å². The van der Waals surface area contributed by atoms with E-state index < -0.39 is 0 Å². The molecular formula is C20H35N. The van der Waals surface area contributed by atoms with Crippen LogP contribution in [0.1, 0.15) is 48.5 Å². The molecule has 0 aliphatic rings. The number of aliphatic imine (C=N–C) groups is 1. The summed E-state index contributed by atoms with van der Waals surface area (Å²) in [6.07, 6.45) is 10.5. The maximum absolute atomic E-state index is 4.14. The second-order valence-electron chi connectivity index (χ2n) is 2.80. The molecule has 0 rings (SSSR count). The highest BCUT2D eigenvalue weighted by atomic mass is 14.7. The van der Waals surface area contributed by atoms with Crippen molar-refractivity contribution in [1.29, 1.82) is 0 Å². The molecule has 0 aromatic rings. The van der Waals surface area contributed by atoms with Gasteiger partial charge in [0.15, 0.2) is 0 Å². The zero-order valence-corrected chi connectivity index (χ0v) is 15.2. The number of nitrogens with zero attached hydrogens (tertiary/aromatic N) is 1. The number of allylic oxidation sites excluding steroid dienone is 7. The Labute approximate surface area is 133 Å². The van der Waals surface area contributed by atoms with Crippen LogP contribution in [-0.4, -0.2) is 5.71 Å². The first-order chi connectivity index (χ1) is 10.2. The van der Waals surface area contributed by atoms with E-state index in [4.69, 9.17) is 0 Å². The fraction of sp³-hybridized carbons (Fsp3) is 0.350. The van der Waals surface area contributed by atoms with Gasteiger partial charge < -0.3 is 0 Å². The summed E-state index contributed by atoms with van der Waals surface area (Å²) in [4.78, 5) is 4.14. The van der Waals surface area contributed by atoms with Gasteiger partial charge in [0.2, 0.25) is 0 Å². The van der Waals surface area contributed by atoms with Crippen molar-refractivity contribution in [2.24, 2.45) is 4.99 Å². The Hall–Kier alpha value is -1.89. The maximum Gasteiger partial charge on any atom is 0.0698 e. The summed E-state index contributed by atoms with van der Waals surface area (Å²) in [5, 5.41) is 0. The molecular weight excluding hydrogens is 254 g/mol. The lowest BCUT2D eigenvalue weighted by atomic mass is 10.0. The third kappa shape index (κ3) is 16.1. The summed E-state index contributed by atoms with van der Waals surface area (Å²) in [5.41, 5.74) is 2.79. The van der Waals surface area contributed by atoms with Crippen molar-refractivity contribution in [3.8, 4) is 0 Å². The molecule has 0 unspecified atom stereocenters. The summed E-state index contributed by atoms with van der Waals surface area (Å²) in [6, 6.07) is 0. The molecule has 0 atom stereocenters. The minimum atomic E-state index is 0.778. The van der Waals surface area contributed by atoms with Crippen LogP contribution in [0.5, 0.6) is 0 Å². The molecule has 0 aliphatic heterocycles. The van der Waals surface area contributed by atoms with Crippen LogP contribution in [-0.2, 0) is 0 Å². The quantitative estimate of drug-likeness (QED) is 0.366. The first-order valence-corrected chi connectivity index (χ1v) is 7.65. The SMILES string of the molecule is C=C/C=C\C(C(C=C)=NC=C)=C(/C)C=C.CC.CC.CC. The van der Waals surface area contributed by atoms with Gasteiger partial charge in [0.1, 0.15) is 0 Å². The van der Waals surface area contributed by atoms with Gasteiger partial charge in [-0.1, -0.05) is 92.2 Å². The Morgan fingerprint density at radius 1 is 0.810 bits per heavy atom. The van der Waals surface area contributed by atoms with Gasteiger partial charge in [-0.25, -0.2) is 0 Å². The molecule has 120 valence electrons. The molecule has 0 aromatic heterocycles. The largest absolute Gasteiger partial charge is 0.257 e. The van der Waals surface area contributed by atoms with Crippen molar-refractivity contribution in [2.75, 3.05) is 0 Å². The molecule has 0 heterocycles. The molecule has 0 amide bonds. The highest BCUT2D eigenvalue weighted by Gasteiger charge is 2.01. The van der Waals surface area contributed by atoms with E-state index >= 15 is 0 Å². The molecule has 1 heteroatoms. The van der Waals surface area contributed by atoms with Crippen molar-refractivity contribution in [2.45, 2.75) is 48.5 Å². The fourth-order valence-electron chi connectivity index (χ4n) is 1.02. The highest BCUT2D eigenvalue weighted by Crippen LogP contribution is 2.11. The van der Waals surface area contributed by atoms with Crippen molar-refractivity contribution in [3.63, 3.8) is 0 Å². The van der Waals surface area contributed by atoms with Gasteiger partial charge in [-0.3, -0.25) is 4.99 Å². The Morgan fingerprint density at radius 2 is 1.29 bits per heavy atom. The average molecular weight is 290 g/mol. The van der Waals surface area contributed by atoms with Crippen LogP contribution in [0.2, 0.25) is 0 Å². The molecule has 0 saturated carbocycles. The summed E-state index contributed by atoms with van der Waals surface area (Å²) >= 11 is 0. The van der Waals surface area contributed by atoms with Gasteiger partial charge in [0, 0.05) is 11.8 Å². The minimum Gasteiger partial charge on any atom is -0.257 e. The topological polar surface area (TPSA) is 12.4 Å². The summed E-state index contributed by atoms with van der Waals surface area (Å²) < 4.78 is 0. The van der Waals surface area contributed by atoms with Gasteiger partial charge >= 0.3 is 0 Å². The monoisotopic (exact) mass is 289 g/mol. The van der Waals surface area contributed by atoms with E-state index in [1.54, 1.807) is 18.2 Å². The van der Waals surface area contributed by atoms with E-state index in [0.717, 1.165) is 16.9 Å². The number of hydrogen-bond acceptors (Lipinski definition) is 1. The van der Waals surface area contributed by atoms with Crippen molar-refractivity contribution in [1.82, 2.24) is 0 Å². The summed E-state index contributed by atoms with van der Waals surface area (Å²) in [5.74, 6) is 0. The molecule has 0 N–H and O–H groups in total. The molecule has 0 aromatic carbocycles. The normalized spacial score (nSPS) is 10.3. The number of rotatable bonds is 6. The molecule has 0 fully saturated rings. The summed E-state index contributed by atoms with van der Waals surface area (Å²) in [7, 11) is 0. The van der Waals surface area contributed by atoms with Gasteiger partial charge in [0.25, 0.3) is 0 Å². The van der Waals surface area contributed by atoms with E-state index in [0.29, 0.717) is 0 Å². The predicted octanol–water partition coefficient (Wildman–Crippen LogP) is 7.08. The van der Waals surface area contributed by atoms with Crippen molar-refractivity contribution < 1.29 is 0 Å². The molecule has 0 bridgehead atoms. The second-order valence-corrected chi connectivity index (χ2v) is 2.80. The van der Waals surface area contributed by atoms with E-state index in [9.17, 15) is 0 Å². The summed E-state index contributed by atoms with van der Waals surface area (Å²) in [6.45, 7) is 28.6. The van der Waals surface area contributed by atoms with Crippen LogP contribution in [0.3, 0.4) is 0 Å². The van der Waals surface area contributed by atoms with Gasteiger partial charge in [-0.2, -0.15) is 0 Å². The van der Waals surface area contributed by atoms with Crippen molar-refractivity contribution >= 4 is 5.71 Å². The molecule has 0 saturated heterocycles. The first kappa shape index (κ1) is 27.5. The minimum absolute atomic E-state index is 0.778. The van der Waals surface area contributed by atoms with Crippen LogP contribution < -0.4 is 0 Å². The van der Waals surface area contributed by atoms with Gasteiger partial charge in [-0.15, -0.1) is 0 Å². The van der Waals surface area contributed by atoms with E-state index in [2.05, 4.69) is 31.3 Å². The third-order valence-corrected chi connectivity index (χ3v) is 1.83. The number of hydrogen-bond donors (Lipinski definition) is 0. The van der Waals surface area contributed by atoms with Crippen LogP contribution in [0.25, 0.3) is 0 Å². The second kappa shape index (κ2) is 26.6. The lowest BCUT2D eigenvalue weighted by Gasteiger charge is -2.04. The van der Waals surface area contributed by atoms with Crippen LogP contribution >= 0.6 is 0 Å². The van der Waals surface area contributed by atoms with Crippen LogP contribution in [0, 0.1) is 0 Å². The Bertz CT molecular complexity index is 352. The van der Waals surface area contributed by atoms with E-state index in [1.807, 2.05) is 60.6 Å². The fourth-order valence-corrected chi connectivity index (χ4v) is 1.02. The molecule has 0 aliphatic carbocycles. The predicted molar refractivity (Wildman–Crippen MR) is 104 cm³/mol. The maximum atomic E-state index is 4.14. The third-order valence-electron chi connectivity index (χ3n) is 1.83. The standard InChI is InChI=1S/C14H17N.3C2H6/c1-6-10-11-13(12(5)7-2)14(8-3)15-9-4;3*1-2/h6-11H,1-4H2,5H3;3*1-2H3/b11-10-,13-12-,15-14?;;;. The smallest absolute Gasteiger partial charge is 0.0698 e. The Morgan fingerprint density at radius 3 is 1.57 bits per heavy atom. The molecule has 0 radical (unpaired) electrons.